The van der Waals surface area contributed by atoms with Crippen LogP contribution in [0.15, 0.2) is 42.5 Å². The topological polar surface area (TPSA) is 55.6 Å². The monoisotopic (exact) mass is 304 g/mol. The van der Waals surface area contributed by atoms with Gasteiger partial charge in [-0.2, -0.15) is 0 Å². The highest BCUT2D eigenvalue weighted by atomic mass is 35.5. The van der Waals surface area contributed by atoms with Crippen molar-refractivity contribution in [2.24, 2.45) is 0 Å². The summed E-state index contributed by atoms with van der Waals surface area (Å²) in [5.74, 6) is 0.452. The highest BCUT2D eigenvalue weighted by Crippen LogP contribution is 2.23. The first-order valence-electron chi connectivity index (χ1n) is 6.44. The van der Waals surface area contributed by atoms with Gasteiger partial charge in [0, 0.05) is 24.2 Å². The number of benzene rings is 2. The van der Waals surface area contributed by atoms with Crippen LogP contribution < -0.4 is 10.5 Å². The minimum atomic E-state index is -0.107. The molecule has 2 N–H and O–H groups in total. The number of nitrogen functional groups attached to an aromatic ring is 1. The van der Waals surface area contributed by atoms with Gasteiger partial charge in [-0.15, -0.1) is 0 Å². The largest absolute Gasteiger partial charge is 0.495 e. The molecule has 21 heavy (non-hydrogen) atoms. The van der Waals surface area contributed by atoms with Gasteiger partial charge < -0.3 is 15.4 Å². The standard InChI is InChI=1S/C16H17ClN2O2/c1-19(10-11-4-3-5-13(17)8-11)16(20)12-6-7-15(21-2)14(18)9-12/h3-9H,10,18H2,1-2H3. The third kappa shape index (κ3) is 3.67. The summed E-state index contributed by atoms with van der Waals surface area (Å²) in [6.45, 7) is 0.478. The van der Waals surface area contributed by atoms with Gasteiger partial charge in [0.1, 0.15) is 5.75 Å². The van der Waals surface area contributed by atoms with Crippen LogP contribution in [0.3, 0.4) is 0 Å². The number of hydrogen-bond acceptors (Lipinski definition) is 3. The molecule has 0 aromatic heterocycles. The van der Waals surface area contributed by atoms with E-state index in [0.717, 1.165) is 5.56 Å². The molecule has 0 atom stereocenters. The van der Waals surface area contributed by atoms with Crippen LogP contribution in [0.5, 0.6) is 5.75 Å². The van der Waals surface area contributed by atoms with E-state index >= 15 is 0 Å². The predicted octanol–water partition coefficient (Wildman–Crippen LogP) is 3.20. The second-order valence-corrected chi connectivity index (χ2v) is 5.18. The molecule has 1 amide bonds. The molecule has 0 aliphatic rings. The summed E-state index contributed by atoms with van der Waals surface area (Å²) in [5, 5.41) is 0.655. The molecule has 110 valence electrons. The van der Waals surface area contributed by atoms with Crippen LogP contribution in [0.2, 0.25) is 5.02 Å². The van der Waals surface area contributed by atoms with Crippen molar-refractivity contribution < 1.29 is 9.53 Å². The maximum atomic E-state index is 12.4. The van der Waals surface area contributed by atoms with Gasteiger partial charge in [-0.3, -0.25) is 4.79 Å². The van der Waals surface area contributed by atoms with Gasteiger partial charge in [-0.25, -0.2) is 0 Å². The molecule has 0 aliphatic carbocycles. The van der Waals surface area contributed by atoms with Gasteiger partial charge in [0.2, 0.25) is 0 Å². The average Bonchev–Trinajstić information content (AvgIpc) is 2.46. The summed E-state index contributed by atoms with van der Waals surface area (Å²) >= 11 is 5.95. The second-order valence-electron chi connectivity index (χ2n) is 4.75. The Morgan fingerprint density at radius 3 is 2.67 bits per heavy atom. The predicted molar refractivity (Wildman–Crippen MR) is 84.7 cm³/mol. The number of anilines is 1. The Morgan fingerprint density at radius 1 is 1.29 bits per heavy atom. The van der Waals surface area contributed by atoms with E-state index in [4.69, 9.17) is 22.1 Å². The molecule has 0 fully saturated rings. The van der Waals surface area contributed by atoms with Gasteiger partial charge in [0.05, 0.1) is 12.8 Å². The van der Waals surface area contributed by atoms with Gasteiger partial charge >= 0.3 is 0 Å². The number of rotatable bonds is 4. The van der Waals surface area contributed by atoms with Crippen molar-refractivity contribution in [3.8, 4) is 5.75 Å². The molecular weight excluding hydrogens is 288 g/mol. The maximum Gasteiger partial charge on any atom is 0.253 e. The lowest BCUT2D eigenvalue weighted by Crippen LogP contribution is -2.26. The zero-order chi connectivity index (χ0) is 15.4. The summed E-state index contributed by atoms with van der Waals surface area (Å²) in [6, 6.07) is 12.4. The number of amides is 1. The molecule has 0 heterocycles. The van der Waals surface area contributed by atoms with Crippen LogP contribution in [0.25, 0.3) is 0 Å². The molecule has 0 unspecified atom stereocenters. The number of nitrogens with zero attached hydrogens (tertiary/aromatic N) is 1. The molecular formula is C16H17ClN2O2. The van der Waals surface area contributed by atoms with Crippen molar-refractivity contribution >= 4 is 23.2 Å². The van der Waals surface area contributed by atoms with E-state index in [1.54, 1.807) is 43.3 Å². The number of hydrogen-bond donors (Lipinski definition) is 1. The number of carbonyl (C=O) groups is 1. The fourth-order valence-corrected chi connectivity index (χ4v) is 2.28. The van der Waals surface area contributed by atoms with E-state index in [-0.39, 0.29) is 5.91 Å². The Hall–Kier alpha value is -2.20. The average molecular weight is 305 g/mol. The van der Waals surface area contributed by atoms with Crippen LogP contribution in [-0.2, 0) is 6.54 Å². The van der Waals surface area contributed by atoms with E-state index in [0.29, 0.717) is 28.6 Å². The van der Waals surface area contributed by atoms with Gasteiger partial charge in [0.25, 0.3) is 5.91 Å². The van der Waals surface area contributed by atoms with Crippen molar-refractivity contribution in [3.05, 3.63) is 58.6 Å². The van der Waals surface area contributed by atoms with E-state index in [2.05, 4.69) is 0 Å². The number of halogens is 1. The van der Waals surface area contributed by atoms with Crippen molar-refractivity contribution in [1.82, 2.24) is 4.90 Å². The highest BCUT2D eigenvalue weighted by molar-refractivity contribution is 6.30. The van der Waals surface area contributed by atoms with Gasteiger partial charge in [-0.05, 0) is 35.9 Å². The SMILES string of the molecule is COc1ccc(C(=O)N(C)Cc2cccc(Cl)c2)cc1N. The highest BCUT2D eigenvalue weighted by Gasteiger charge is 2.13. The van der Waals surface area contributed by atoms with Gasteiger partial charge in [0.15, 0.2) is 0 Å². The number of nitrogens with two attached hydrogens (primary N) is 1. The zero-order valence-electron chi connectivity index (χ0n) is 12.0. The molecule has 2 aromatic carbocycles. The van der Waals surface area contributed by atoms with Crippen molar-refractivity contribution in [2.45, 2.75) is 6.54 Å². The van der Waals surface area contributed by atoms with E-state index < -0.39 is 0 Å². The second kappa shape index (κ2) is 6.50. The zero-order valence-corrected chi connectivity index (χ0v) is 12.7. The number of methoxy groups -OCH3 is 1. The Morgan fingerprint density at radius 2 is 2.05 bits per heavy atom. The quantitative estimate of drug-likeness (QED) is 0.883. The fourth-order valence-electron chi connectivity index (χ4n) is 2.07. The first-order valence-corrected chi connectivity index (χ1v) is 6.82. The number of ether oxygens (including phenoxy) is 1. The van der Waals surface area contributed by atoms with Crippen molar-refractivity contribution in [2.75, 3.05) is 19.9 Å². The molecule has 0 spiro atoms. The smallest absolute Gasteiger partial charge is 0.253 e. The molecule has 0 saturated carbocycles. The third-order valence-corrected chi connectivity index (χ3v) is 3.37. The minimum Gasteiger partial charge on any atom is -0.495 e. The van der Waals surface area contributed by atoms with Crippen molar-refractivity contribution in [3.63, 3.8) is 0 Å². The summed E-state index contributed by atoms with van der Waals surface area (Å²) < 4.78 is 5.08. The first-order chi connectivity index (χ1) is 10.0. The minimum absolute atomic E-state index is 0.107. The molecule has 5 heteroatoms. The molecule has 2 rings (SSSR count). The Bertz CT molecular complexity index is 658. The van der Waals surface area contributed by atoms with Crippen LogP contribution in [0, 0.1) is 0 Å². The fraction of sp³-hybridized carbons (Fsp3) is 0.188. The summed E-state index contributed by atoms with van der Waals surface area (Å²) in [6.07, 6.45) is 0. The molecule has 0 bridgehead atoms. The summed E-state index contributed by atoms with van der Waals surface area (Å²) in [5.41, 5.74) is 7.77. The number of carbonyl (C=O) groups excluding carboxylic acids is 1. The summed E-state index contributed by atoms with van der Waals surface area (Å²) in [4.78, 5) is 14.0. The van der Waals surface area contributed by atoms with Gasteiger partial charge in [-0.1, -0.05) is 23.7 Å². The normalized spacial score (nSPS) is 10.2. The third-order valence-electron chi connectivity index (χ3n) is 3.13. The summed E-state index contributed by atoms with van der Waals surface area (Å²) in [7, 11) is 3.28. The Kier molecular flexibility index (Phi) is 4.70. The lowest BCUT2D eigenvalue weighted by molar-refractivity contribution is 0.0785. The molecule has 0 saturated heterocycles. The lowest BCUT2D eigenvalue weighted by Gasteiger charge is -2.18. The van der Waals surface area contributed by atoms with Crippen LogP contribution in [-0.4, -0.2) is 25.0 Å². The maximum absolute atomic E-state index is 12.4. The Balaban J connectivity index is 2.14. The van der Waals surface area contributed by atoms with E-state index in [9.17, 15) is 4.79 Å². The lowest BCUT2D eigenvalue weighted by atomic mass is 10.1. The van der Waals surface area contributed by atoms with E-state index in [1.807, 2.05) is 18.2 Å². The molecule has 0 radical (unpaired) electrons. The molecule has 2 aromatic rings. The van der Waals surface area contributed by atoms with Crippen LogP contribution in [0.4, 0.5) is 5.69 Å². The molecule has 0 aliphatic heterocycles. The first kappa shape index (κ1) is 15.2. The van der Waals surface area contributed by atoms with Crippen LogP contribution in [0.1, 0.15) is 15.9 Å². The Labute approximate surface area is 129 Å². The van der Waals surface area contributed by atoms with Crippen molar-refractivity contribution in [1.29, 1.82) is 0 Å². The van der Waals surface area contributed by atoms with E-state index in [1.165, 1.54) is 0 Å². The molecule has 4 nitrogen and oxygen atoms in total. The van der Waals surface area contributed by atoms with Crippen LogP contribution >= 0.6 is 11.6 Å².